The van der Waals surface area contributed by atoms with E-state index in [4.69, 9.17) is 4.74 Å². The molecule has 1 aromatic rings. The Bertz CT molecular complexity index is 461. The van der Waals surface area contributed by atoms with Gasteiger partial charge in [-0.3, -0.25) is 4.79 Å². The maximum Gasteiger partial charge on any atom is 0.340 e. The van der Waals surface area contributed by atoms with Crippen LogP contribution in [0, 0.1) is 0 Å². The second-order valence-corrected chi connectivity index (χ2v) is 3.66. The van der Waals surface area contributed by atoms with Crippen molar-refractivity contribution >= 4 is 11.7 Å². The standard InChI is InChI=1S/C12H18N2O3/c1-5-14(6-2)10-9(12(16)17-4)7-8-13(3)11(10)15/h7-8H,5-6H2,1-4H3. The molecule has 0 amide bonds. The van der Waals surface area contributed by atoms with Crippen LogP contribution in [0.5, 0.6) is 0 Å². The van der Waals surface area contributed by atoms with Gasteiger partial charge < -0.3 is 14.2 Å². The molecule has 0 aliphatic carbocycles. The Morgan fingerprint density at radius 2 is 2.00 bits per heavy atom. The minimum Gasteiger partial charge on any atom is -0.465 e. The molecular formula is C12H18N2O3. The second kappa shape index (κ2) is 5.52. The molecule has 0 fully saturated rings. The third-order valence-electron chi connectivity index (χ3n) is 2.73. The maximum absolute atomic E-state index is 12.1. The fraction of sp³-hybridized carbons (Fsp3) is 0.500. The van der Waals surface area contributed by atoms with Gasteiger partial charge in [-0.05, 0) is 19.9 Å². The normalized spacial score (nSPS) is 10.1. The van der Waals surface area contributed by atoms with Crippen LogP contribution in [0.4, 0.5) is 5.69 Å². The van der Waals surface area contributed by atoms with E-state index in [1.54, 1.807) is 19.3 Å². The van der Waals surface area contributed by atoms with Gasteiger partial charge in [0, 0.05) is 26.3 Å². The summed E-state index contributed by atoms with van der Waals surface area (Å²) >= 11 is 0. The highest BCUT2D eigenvalue weighted by Gasteiger charge is 2.19. The lowest BCUT2D eigenvalue weighted by atomic mass is 10.2. The first-order valence-electron chi connectivity index (χ1n) is 5.59. The first-order valence-corrected chi connectivity index (χ1v) is 5.59. The van der Waals surface area contributed by atoms with Gasteiger partial charge >= 0.3 is 5.97 Å². The first kappa shape index (κ1) is 13.3. The number of methoxy groups -OCH3 is 1. The number of esters is 1. The highest BCUT2D eigenvalue weighted by Crippen LogP contribution is 2.16. The topological polar surface area (TPSA) is 51.5 Å². The number of carbonyl (C=O) groups is 1. The molecule has 0 aromatic carbocycles. The number of nitrogens with zero attached hydrogens (tertiary/aromatic N) is 2. The predicted octanol–water partition coefficient (Wildman–Crippen LogP) is 1.02. The third kappa shape index (κ3) is 2.49. The molecule has 1 aromatic heterocycles. The molecule has 1 heterocycles. The Kier molecular flexibility index (Phi) is 4.31. The van der Waals surface area contributed by atoms with Crippen molar-refractivity contribution in [2.45, 2.75) is 13.8 Å². The van der Waals surface area contributed by atoms with Crippen molar-refractivity contribution in [1.29, 1.82) is 0 Å². The predicted molar refractivity (Wildman–Crippen MR) is 66.6 cm³/mol. The van der Waals surface area contributed by atoms with E-state index in [1.165, 1.54) is 11.7 Å². The lowest BCUT2D eigenvalue weighted by Crippen LogP contribution is -2.33. The number of carbonyl (C=O) groups excluding carboxylic acids is 1. The van der Waals surface area contributed by atoms with Crippen molar-refractivity contribution in [3.8, 4) is 0 Å². The van der Waals surface area contributed by atoms with E-state index in [1.807, 2.05) is 18.7 Å². The zero-order valence-electron chi connectivity index (χ0n) is 10.7. The van der Waals surface area contributed by atoms with Gasteiger partial charge in [0.15, 0.2) is 0 Å². The number of aryl methyl sites for hydroxylation is 1. The number of aromatic nitrogens is 1. The summed E-state index contributed by atoms with van der Waals surface area (Å²) in [4.78, 5) is 25.6. The highest BCUT2D eigenvalue weighted by molar-refractivity contribution is 5.95. The molecule has 0 unspecified atom stereocenters. The van der Waals surface area contributed by atoms with Crippen LogP contribution in [0.3, 0.4) is 0 Å². The Balaban J connectivity index is 3.46. The monoisotopic (exact) mass is 238 g/mol. The van der Waals surface area contributed by atoms with Crippen LogP contribution in [0.25, 0.3) is 0 Å². The van der Waals surface area contributed by atoms with Gasteiger partial charge in [-0.1, -0.05) is 0 Å². The van der Waals surface area contributed by atoms with Crippen molar-refractivity contribution in [3.05, 3.63) is 28.2 Å². The average Bonchev–Trinajstić information content (AvgIpc) is 2.35. The van der Waals surface area contributed by atoms with E-state index < -0.39 is 5.97 Å². The van der Waals surface area contributed by atoms with Crippen LogP contribution in [0.15, 0.2) is 17.1 Å². The highest BCUT2D eigenvalue weighted by atomic mass is 16.5. The molecule has 94 valence electrons. The Morgan fingerprint density at radius 3 is 2.47 bits per heavy atom. The molecule has 5 heteroatoms. The van der Waals surface area contributed by atoms with E-state index in [0.717, 1.165) is 0 Å². The first-order chi connectivity index (χ1) is 8.06. The van der Waals surface area contributed by atoms with Crippen LogP contribution in [0.2, 0.25) is 0 Å². The van der Waals surface area contributed by atoms with Crippen LogP contribution >= 0.6 is 0 Å². The van der Waals surface area contributed by atoms with Crippen molar-refractivity contribution < 1.29 is 9.53 Å². The van der Waals surface area contributed by atoms with E-state index in [2.05, 4.69) is 0 Å². The summed E-state index contributed by atoms with van der Waals surface area (Å²) < 4.78 is 6.16. The number of hydrogen-bond acceptors (Lipinski definition) is 4. The number of ether oxygens (including phenoxy) is 1. The fourth-order valence-corrected chi connectivity index (χ4v) is 1.74. The SMILES string of the molecule is CCN(CC)c1c(C(=O)OC)ccn(C)c1=O. The number of pyridine rings is 1. The van der Waals surface area contributed by atoms with Gasteiger partial charge in [0.25, 0.3) is 5.56 Å². The summed E-state index contributed by atoms with van der Waals surface area (Å²) in [5.74, 6) is -0.482. The molecule has 0 saturated carbocycles. The summed E-state index contributed by atoms with van der Waals surface area (Å²) in [5.41, 5.74) is 0.544. The van der Waals surface area contributed by atoms with Gasteiger partial charge in [0.2, 0.25) is 0 Å². The van der Waals surface area contributed by atoms with Crippen molar-refractivity contribution in [2.75, 3.05) is 25.1 Å². The van der Waals surface area contributed by atoms with E-state index in [9.17, 15) is 9.59 Å². The minimum atomic E-state index is -0.482. The largest absolute Gasteiger partial charge is 0.465 e. The Morgan fingerprint density at radius 1 is 1.41 bits per heavy atom. The number of anilines is 1. The smallest absolute Gasteiger partial charge is 0.340 e. The molecule has 0 N–H and O–H groups in total. The van der Waals surface area contributed by atoms with Gasteiger partial charge in [-0.15, -0.1) is 0 Å². The van der Waals surface area contributed by atoms with Crippen LogP contribution in [0.1, 0.15) is 24.2 Å². The quantitative estimate of drug-likeness (QED) is 0.735. The zero-order chi connectivity index (χ0) is 13.0. The lowest BCUT2D eigenvalue weighted by molar-refractivity contribution is 0.0601. The number of hydrogen-bond donors (Lipinski definition) is 0. The molecule has 0 atom stereocenters. The van der Waals surface area contributed by atoms with Crippen molar-refractivity contribution in [1.82, 2.24) is 4.57 Å². The molecule has 0 spiro atoms. The van der Waals surface area contributed by atoms with E-state index in [0.29, 0.717) is 24.3 Å². The maximum atomic E-state index is 12.1. The van der Waals surface area contributed by atoms with Gasteiger partial charge in [0.05, 0.1) is 12.7 Å². The molecule has 5 nitrogen and oxygen atoms in total. The molecule has 0 bridgehead atoms. The van der Waals surface area contributed by atoms with Gasteiger partial charge in [-0.25, -0.2) is 4.79 Å². The van der Waals surface area contributed by atoms with Crippen LogP contribution in [-0.4, -0.2) is 30.7 Å². The van der Waals surface area contributed by atoms with Crippen LogP contribution in [-0.2, 0) is 11.8 Å². The van der Waals surface area contributed by atoms with Crippen molar-refractivity contribution in [2.24, 2.45) is 7.05 Å². The molecule has 17 heavy (non-hydrogen) atoms. The summed E-state index contributed by atoms with van der Waals surface area (Å²) in [5, 5.41) is 0. The second-order valence-electron chi connectivity index (χ2n) is 3.66. The zero-order valence-corrected chi connectivity index (χ0v) is 10.7. The van der Waals surface area contributed by atoms with Crippen molar-refractivity contribution in [3.63, 3.8) is 0 Å². The van der Waals surface area contributed by atoms with Gasteiger partial charge in [-0.2, -0.15) is 0 Å². The minimum absolute atomic E-state index is 0.184. The molecule has 0 radical (unpaired) electrons. The Labute approximate surface area is 101 Å². The summed E-state index contributed by atoms with van der Waals surface area (Å²) in [6.45, 7) is 5.22. The molecule has 0 aliphatic rings. The van der Waals surface area contributed by atoms with Gasteiger partial charge in [0.1, 0.15) is 5.69 Å². The summed E-state index contributed by atoms with van der Waals surface area (Å²) in [6.07, 6.45) is 1.57. The Hall–Kier alpha value is -1.78. The summed E-state index contributed by atoms with van der Waals surface area (Å²) in [6, 6.07) is 1.61. The van der Waals surface area contributed by atoms with E-state index in [-0.39, 0.29) is 5.56 Å². The molecule has 0 aliphatic heterocycles. The third-order valence-corrected chi connectivity index (χ3v) is 2.73. The lowest BCUT2D eigenvalue weighted by Gasteiger charge is -2.22. The number of rotatable bonds is 4. The van der Waals surface area contributed by atoms with E-state index >= 15 is 0 Å². The molecule has 1 rings (SSSR count). The van der Waals surface area contributed by atoms with Crippen LogP contribution < -0.4 is 10.5 Å². The average molecular weight is 238 g/mol. The molecular weight excluding hydrogens is 220 g/mol. The molecule has 0 saturated heterocycles. The fourth-order valence-electron chi connectivity index (χ4n) is 1.74. The summed E-state index contributed by atoms with van der Waals surface area (Å²) in [7, 11) is 2.97.